The number of carbonyl (C=O) groups excluding carboxylic acids is 1. The van der Waals surface area contributed by atoms with Gasteiger partial charge in [0.15, 0.2) is 0 Å². The van der Waals surface area contributed by atoms with Crippen LogP contribution in [-0.4, -0.2) is 22.1 Å². The minimum absolute atomic E-state index is 0.0973. The lowest BCUT2D eigenvalue weighted by atomic mass is 10.1. The van der Waals surface area contributed by atoms with E-state index in [4.69, 9.17) is 5.26 Å². The molecule has 0 saturated carbocycles. The molecule has 0 saturated heterocycles. The van der Waals surface area contributed by atoms with Crippen LogP contribution in [0.5, 0.6) is 0 Å². The van der Waals surface area contributed by atoms with E-state index in [9.17, 15) is 4.79 Å². The molecule has 1 aromatic carbocycles. The summed E-state index contributed by atoms with van der Waals surface area (Å²) in [5.74, 6) is -0.159. The van der Waals surface area contributed by atoms with Gasteiger partial charge in [0.1, 0.15) is 0 Å². The summed E-state index contributed by atoms with van der Waals surface area (Å²) in [7, 11) is 0. The first-order valence-corrected chi connectivity index (χ1v) is 5.85. The summed E-state index contributed by atoms with van der Waals surface area (Å²) in [5, 5.41) is 19.2. The van der Waals surface area contributed by atoms with Crippen LogP contribution in [-0.2, 0) is 0 Å². The maximum atomic E-state index is 12.0. The summed E-state index contributed by atoms with van der Waals surface area (Å²) in [6, 6.07) is 7.34. The van der Waals surface area contributed by atoms with Crippen LogP contribution in [0, 0.1) is 11.3 Å². The molecule has 2 aromatic rings. The molecule has 1 aromatic heterocycles. The first-order chi connectivity index (χ1) is 8.74. The maximum absolute atomic E-state index is 12.0. The van der Waals surface area contributed by atoms with Crippen LogP contribution in [0.1, 0.15) is 30.1 Å². The highest BCUT2D eigenvalue weighted by atomic mass is 16.1. The van der Waals surface area contributed by atoms with Gasteiger partial charge in [-0.3, -0.25) is 9.89 Å². The van der Waals surface area contributed by atoms with Crippen LogP contribution >= 0.6 is 0 Å². The zero-order valence-electron chi connectivity index (χ0n) is 10.1. The Morgan fingerprint density at radius 1 is 1.61 bits per heavy atom. The smallest absolute Gasteiger partial charge is 0.251 e. The molecule has 2 N–H and O–H groups in total. The van der Waals surface area contributed by atoms with E-state index in [2.05, 4.69) is 21.6 Å². The molecule has 92 valence electrons. The lowest BCUT2D eigenvalue weighted by molar-refractivity contribution is 0.0937. The van der Waals surface area contributed by atoms with E-state index in [1.165, 1.54) is 0 Å². The molecule has 5 nitrogen and oxygen atoms in total. The molecule has 1 amide bonds. The van der Waals surface area contributed by atoms with Crippen LogP contribution < -0.4 is 5.32 Å². The minimum atomic E-state index is -0.159. The van der Waals surface area contributed by atoms with Crippen molar-refractivity contribution in [2.75, 3.05) is 0 Å². The molecule has 18 heavy (non-hydrogen) atoms. The second-order valence-electron chi connectivity index (χ2n) is 4.11. The second kappa shape index (κ2) is 5.32. The van der Waals surface area contributed by atoms with Crippen LogP contribution in [0.15, 0.2) is 24.4 Å². The number of nitrogens with one attached hydrogen (secondary N) is 2. The zero-order chi connectivity index (χ0) is 13.0. The number of nitrogens with zero attached hydrogens (tertiary/aromatic N) is 2. The van der Waals surface area contributed by atoms with E-state index >= 15 is 0 Å². The topological polar surface area (TPSA) is 81.6 Å². The molecule has 0 aliphatic carbocycles. The number of hydrogen-bond acceptors (Lipinski definition) is 3. The highest BCUT2D eigenvalue weighted by Crippen LogP contribution is 2.13. The molecule has 0 bridgehead atoms. The molecule has 1 unspecified atom stereocenters. The van der Waals surface area contributed by atoms with Crippen molar-refractivity contribution >= 4 is 16.8 Å². The molecule has 0 spiro atoms. The highest BCUT2D eigenvalue weighted by molar-refractivity contribution is 5.97. The Kier molecular flexibility index (Phi) is 3.58. The Bertz CT molecular complexity index is 596. The van der Waals surface area contributed by atoms with E-state index < -0.39 is 0 Å². The van der Waals surface area contributed by atoms with Crippen molar-refractivity contribution in [2.45, 2.75) is 25.8 Å². The Labute approximate surface area is 105 Å². The van der Waals surface area contributed by atoms with Gasteiger partial charge in [0.2, 0.25) is 0 Å². The quantitative estimate of drug-likeness (QED) is 0.860. The Hall–Kier alpha value is -2.35. The number of nitriles is 1. The number of rotatable bonds is 4. The predicted octanol–water partition coefficient (Wildman–Crippen LogP) is 1.98. The lowest BCUT2D eigenvalue weighted by Gasteiger charge is -2.13. The van der Waals surface area contributed by atoms with Crippen molar-refractivity contribution in [3.63, 3.8) is 0 Å². The summed E-state index contributed by atoms with van der Waals surface area (Å²) >= 11 is 0. The summed E-state index contributed by atoms with van der Waals surface area (Å²) < 4.78 is 0. The Morgan fingerprint density at radius 3 is 3.17 bits per heavy atom. The van der Waals surface area contributed by atoms with Gasteiger partial charge in [-0.15, -0.1) is 0 Å². The fraction of sp³-hybridized carbons (Fsp3) is 0.308. The van der Waals surface area contributed by atoms with Gasteiger partial charge in [0, 0.05) is 17.0 Å². The third-order valence-corrected chi connectivity index (χ3v) is 2.87. The number of H-pyrrole nitrogens is 1. The number of aromatic amines is 1. The molecule has 0 fully saturated rings. The van der Waals surface area contributed by atoms with E-state index in [1.807, 2.05) is 13.0 Å². The Morgan fingerprint density at radius 2 is 2.44 bits per heavy atom. The average molecular weight is 242 g/mol. The summed E-state index contributed by atoms with van der Waals surface area (Å²) in [6.45, 7) is 1.94. The average Bonchev–Trinajstić information content (AvgIpc) is 2.85. The normalized spacial score (nSPS) is 12.0. The summed E-state index contributed by atoms with van der Waals surface area (Å²) in [4.78, 5) is 12.0. The van der Waals surface area contributed by atoms with Crippen molar-refractivity contribution in [1.29, 1.82) is 5.26 Å². The minimum Gasteiger partial charge on any atom is -0.348 e. The van der Waals surface area contributed by atoms with Crippen molar-refractivity contribution in [2.24, 2.45) is 0 Å². The van der Waals surface area contributed by atoms with Crippen LogP contribution in [0.25, 0.3) is 10.9 Å². The number of fused-ring (bicyclic) bond motifs is 1. The molecular weight excluding hydrogens is 228 g/mol. The third-order valence-electron chi connectivity index (χ3n) is 2.87. The van der Waals surface area contributed by atoms with Crippen molar-refractivity contribution < 1.29 is 4.79 Å². The molecule has 0 aliphatic rings. The largest absolute Gasteiger partial charge is 0.348 e. The lowest BCUT2D eigenvalue weighted by Crippen LogP contribution is -2.34. The maximum Gasteiger partial charge on any atom is 0.251 e. The number of amides is 1. The Balaban J connectivity index is 2.15. The number of carbonyl (C=O) groups is 1. The molecule has 0 radical (unpaired) electrons. The molecule has 1 atom stereocenters. The van der Waals surface area contributed by atoms with Crippen molar-refractivity contribution in [3.05, 3.63) is 30.0 Å². The van der Waals surface area contributed by atoms with Crippen LogP contribution in [0.4, 0.5) is 0 Å². The molecule has 2 rings (SSSR count). The first-order valence-electron chi connectivity index (χ1n) is 5.85. The zero-order valence-corrected chi connectivity index (χ0v) is 10.1. The predicted molar refractivity (Wildman–Crippen MR) is 67.9 cm³/mol. The fourth-order valence-electron chi connectivity index (χ4n) is 1.75. The van der Waals surface area contributed by atoms with Gasteiger partial charge in [-0.1, -0.05) is 13.0 Å². The van der Waals surface area contributed by atoms with E-state index in [0.717, 1.165) is 17.3 Å². The van der Waals surface area contributed by atoms with Gasteiger partial charge in [-0.25, -0.2) is 0 Å². The monoisotopic (exact) mass is 242 g/mol. The van der Waals surface area contributed by atoms with Crippen molar-refractivity contribution in [1.82, 2.24) is 15.5 Å². The van der Waals surface area contributed by atoms with Gasteiger partial charge < -0.3 is 5.32 Å². The van der Waals surface area contributed by atoms with Crippen LogP contribution in [0.3, 0.4) is 0 Å². The number of hydrogen-bond donors (Lipinski definition) is 2. The fourth-order valence-corrected chi connectivity index (χ4v) is 1.75. The molecule has 1 heterocycles. The van der Waals surface area contributed by atoms with E-state index in [-0.39, 0.29) is 11.9 Å². The second-order valence-corrected chi connectivity index (χ2v) is 4.11. The molecule has 5 heteroatoms. The van der Waals surface area contributed by atoms with Crippen LogP contribution in [0.2, 0.25) is 0 Å². The highest BCUT2D eigenvalue weighted by Gasteiger charge is 2.12. The molecule has 0 aliphatic heterocycles. The van der Waals surface area contributed by atoms with Gasteiger partial charge in [0.05, 0.1) is 24.2 Å². The number of aromatic nitrogens is 2. The van der Waals surface area contributed by atoms with Gasteiger partial charge in [0.25, 0.3) is 5.91 Å². The molecular formula is C13H14N4O. The van der Waals surface area contributed by atoms with E-state index in [0.29, 0.717) is 12.0 Å². The summed E-state index contributed by atoms with van der Waals surface area (Å²) in [6.07, 6.45) is 2.78. The van der Waals surface area contributed by atoms with Gasteiger partial charge >= 0.3 is 0 Å². The summed E-state index contributed by atoms with van der Waals surface area (Å²) in [5.41, 5.74) is 1.40. The van der Waals surface area contributed by atoms with Gasteiger partial charge in [-0.05, 0) is 18.6 Å². The first kappa shape index (κ1) is 12.1. The van der Waals surface area contributed by atoms with Gasteiger partial charge in [-0.2, -0.15) is 10.4 Å². The van der Waals surface area contributed by atoms with Crippen molar-refractivity contribution in [3.8, 4) is 6.07 Å². The van der Waals surface area contributed by atoms with E-state index in [1.54, 1.807) is 18.3 Å². The number of benzene rings is 1. The third kappa shape index (κ3) is 2.48. The standard InChI is InChI=1S/C13H14N4O/c1-2-11(5-6-14)16-13(18)9-3-4-10-8-15-17-12(10)7-9/h3-4,7-8,11H,2,5H2,1H3,(H,15,17)(H,16,18). The SMILES string of the molecule is CCC(CC#N)NC(=O)c1ccc2cn[nH]c2c1.